The van der Waals surface area contributed by atoms with Crippen LogP contribution in [0.25, 0.3) is 0 Å². The number of hydrogen-bond donors (Lipinski definition) is 1. The highest BCUT2D eigenvalue weighted by Crippen LogP contribution is 2.23. The Hall–Kier alpha value is -1.16. The van der Waals surface area contributed by atoms with E-state index in [1.807, 2.05) is 10.8 Å². The molecule has 0 aromatic carbocycles. The summed E-state index contributed by atoms with van der Waals surface area (Å²) in [5, 5.41) is 7.83. The molecule has 108 valence electrons. The third kappa shape index (κ3) is 5.15. The zero-order chi connectivity index (χ0) is 14.5. The number of hydrogen-bond acceptors (Lipinski definition) is 3. The standard InChI is InChI=1S/C15H28N4/c1-7-9-19-13(16-12-18-19)10-15(6,8-2)11-17-14(3,4)5/h8,12,17H,2,7,9-11H2,1,3-6H3. The number of nitrogens with zero attached hydrogens (tertiary/aromatic N) is 3. The van der Waals surface area contributed by atoms with Crippen molar-refractivity contribution in [3.05, 3.63) is 24.8 Å². The zero-order valence-corrected chi connectivity index (χ0v) is 13.0. The van der Waals surface area contributed by atoms with E-state index in [9.17, 15) is 0 Å². The van der Waals surface area contributed by atoms with E-state index in [-0.39, 0.29) is 11.0 Å². The molecule has 0 aliphatic heterocycles. The summed E-state index contributed by atoms with van der Waals surface area (Å²) < 4.78 is 2.00. The maximum Gasteiger partial charge on any atom is 0.138 e. The molecule has 4 heteroatoms. The highest BCUT2D eigenvalue weighted by Gasteiger charge is 2.25. The van der Waals surface area contributed by atoms with Crippen molar-refractivity contribution in [3.8, 4) is 0 Å². The highest BCUT2D eigenvalue weighted by molar-refractivity contribution is 5.02. The molecule has 1 rings (SSSR count). The van der Waals surface area contributed by atoms with Gasteiger partial charge in [-0.1, -0.05) is 19.9 Å². The summed E-state index contributed by atoms with van der Waals surface area (Å²) in [4.78, 5) is 4.39. The Labute approximate surface area is 117 Å². The van der Waals surface area contributed by atoms with Gasteiger partial charge < -0.3 is 5.32 Å². The smallest absolute Gasteiger partial charge is 0.138 e. The van der Waals surface area contributed by atoms with Crippen LogP contribution in [-0.4, -0.2) is 26.8 Å². The van der Waals surface area contributed by atoms with Crippen molar-refractivity contribution in [2.45, 2.75) is 59.5 Å². The molecule has 0 radical (unpaired) electrons. The Morgan fingerprint density at radius 3 is 2.58 bits per heavy atom. The molecule has 0 aliphatic carbocycles. The lowest BCUT2D eigenvalue weighted by Crippen LogP contribution is -2.43. The van der Waals surface area contributed by atoms with Crippen LogP contribution >= 0.6 is 0 Å². The summed E-state index contributed by atoms with van der Waals surface area (Å²) in [6.07, 6.45) is 5.60. The molecule has 0 saturated heterocycles. The molecule has 1 aromatic heterocycles. The van der Waals surface area contributed by atoms with Crippen LogP contribution in [0.5, 0.6) is 0 Å². The molecule has 0 fully saturated rings. The molecule has 1 aromatic rings. The average Bonchev–Trinajstić information content (AvgIpc) is 2.74. The first kappa shape index (κ1) is 15.9. The van der Waals surface area contributed by atoms with Crippen molar-refractivity contribution >= 4 is 0 Å². The fourth-order valence-electron chi connectivity index (χ4n) is 1.86. The molecule has 0 amide bonds. The van der Waals surface area contributed by atoms with Gasteiger partial charge in [0.2, 0.25) is 0 Å². The van der Waals surface area contributed by atoms with Crippen molar-refractivity contribution in [3.63, 3.8) is 0 Å². The van der Waals surface area contributed by atoms with Crippen LogP contribution in [0, 0.1) is 5.41 Å². The molecule has 4 nitrogen and oxygen atoms in total. The molecular formula is C15H28N4. The number of rotatable bonds is 7. The maximum absolute atomic E-state index is 4.39. The van der Waals surface area contributed by atoms with Gasteiger partial charge in [0.1, 0.15) is 12.2 Å². The van der Waals surface area contributed by atoms with E-state index in [4.69, 9.17) is 0 Å². The van der Waals surface area contributed by atoms with Gasteiger partial charge in [-0.3, -0.25) is 4.68 Å². The van der Waals surface area contributed by atoms with E-state index in [0.717, 1.165) is 31.8 Å². The van der Waals surface area contributed by atoms with Crippen LogP contribution in [-0.2, 0) is 13.0 Å². The third-order valence-corrected chi connectivity index (χ3v) is 3.21. The molecule has 0 bridgehead atoms. The minimum absolute atomic E-state index is 0.00813. The van der Waals surface area contributed by atoms with E-state index in [1.165, 1.54) is 0 Å². The lowest BCUT2D eigenvalue weighted by Gasteiger charge is -2.31. The minimum Gasteiger partial charge on any atom is -0.311 e. The van der Waals surface area contributed by atoms with Crippen molar-refractivity contribution in [2.24, 2.45) is 5.41 Å². The van der Waals surface area contributed by atoms with Crippen LogP contribution in [0.15, 0.2) is 19.0 Å². The molecular weight excluding hydrogens is 236 g/mol. The van der Waals surface area contributed by atoms with Gasteiger partial charge in [0, 0.05) is 30.5 Å². The van der Waals surface area contributed by atoms with Gasteiger partial charge in [-0.2, -0.15) is 5.10 Å². The Morgan fingerprint density at radius 2 is 2.05 bits per heavy atom. The number of nitrogens with one attached hydrogen (secondary N) is 1. The highest BCUT2D eigenvalue weighted by atomic mass is 15.3. The molecule has 1 atom stereocenters. The van der Waals surface area contributed by atoms with E-state index in [2.05, 4.69) is 56.6 Å². The summed E-state index contributed by atoms with van der Waals surface area (Å²) in [5.74, 6) is 1.04. The predicted octanol–water partition coefficient (Wildman–Crippen LogP) is 2.81. The second kappa shape index (κ2) is 6.33. The van der Waals surface area contributed by atoms with Gasteiger partial charge >= 0.3 is 0 Å². The monoisotopic (exact) mass is 264 g/mol. The first-order valence-corrected chi connectivity index (χ1v) is 7.05. The Kier molecular flexibility index (Phi) is 5.29. The summed E-state index contributed by atoms with van der Waals surface area (Å²) in [6.45, 7) is 16.7. The Bertz CT molecular complexity index is 403. The van der Waals surface area contributed by atoms with E-state index >= 15 is 0 Å². The van der Waals surface area contributed by atoms with Gasteiger partial charge in [-0.15, -0.1) is 6.58 Å². The second-order valence-corrected chi connectivity index (χ2v) is 6.54. The maximum atomic E-state index is 4.39. The normalized spacial score (nSPS) is 15.2. The topological polar surface area (TPSA) is 42.7 Å². The van der Waals surface area contributed by atoms with Crippen molar-refractivity contribution in [2.75, 3.05) is 6.54 Å². The minimum atomic E-state index is -0.00813. The number of aryl methyl sites for hydroxylation is 1. The van der Waals surface area contributed by atoms with Crippen LogP contribution in [0.1, 0.15) is 46.9 Å². The molecule has 0 saturated carbocycles. The zero-order valence-electron chi connectivity index (χ0n) is 13.0. The first-order chi connectivity index (χ1) is 8.79. The SMILES string of the molecule is C=CC(C)(CNC(C)(C)C)Cc1ncnn1CCC. The van der Waals surface area contributed by atoms with Gasteiger partial charge in [0.25, 0.3) is 0 Å². The average molecular weight is 264 g/mol. The Morgan fingerprint density at radius 1 is 1.37 bits per heavy atom. The first-order valence-electron chi connectivity index (χ1n) is 7.05. The van der Waals surface area contributed by atoms with Gasteiger partial charge in [-0.05, 0) is 27.2 Å². The van der Waals surface area contributed by atoms with E-state index in [0.29, 0.717) is 0 Å². The second-order valence-electron chi connectivity index (χ2n) is 6.54. The molecule has 1 heterocycles. The quantitative estimate of drug-likeness (QED) is 0.770. The Balaban J connectivity index is 2.74. The molecule has 1 N–H and O–H groups in total. The number of aromatic nitrogens is 3. The fraction of sp³-hybridized carbons (Fsp3) is 0.733. The van der Waals surface area contributed by atoms with Crippen molar-refractivity contribution < 1.29 is 0 Å². The summed E-state index contributed by atoms with van der Waals surface area (Å²) in [6, 6.07) is 0. The van der Waals surface area contributed by atoms with Crippen LogP contribution in [0.3, 0.4) is 0 Å². The van der Waals surface area contributed by atoms with Crippen LogP contribution < -0.4 is 5.32 Å². The van der Waals surface area contributed by atoms with Gasteiger partial charge in [0.05, 0.1) is 0 Å². The summed E-state index contributed by atoms with van der Waals surface area (Å²) in [5.41, 5.74) is 0.104. The van der Waals surface area contributed by atoms with Crippen molar-refractivity contribution in [1.82, 2.24) is 20.1 Å². The van der Waals surface area contributed by atoms with E-state index in [1.54, 1.807) is 6.33 Å². The largest absolute Gasteiger partial charge is 0.311 e. The van der Waals surface area contributed by atoms with Crippen LogP contribution in [0.2, 0.25) is 0 Å². The third-order valence-electron chi connectivity index (χ3n) is 3.21. The van der Waals surface area contributed by atoms with Crippen LogP contribution in [0.4, 0.5) is 0 Å². The lowest BCUT2D eigenvalue weighted by atomic mass is 9.85. The van der Waals surface area contributed by atoms with Gasteiger partial charge in [-0.25, -0.2) is 4.98 Å². The van der Waals surface area contributed by atoms with Crippen molar-refractivity contribution in [1.29, 1.82) is 0 Å². The molecule has 0 aliphatic rings. The molecule has 1 unspecified atom stereocenters. The fourth-order valence-corrected chi connectivity index (χ4v) is 1.86. The summed E-state index contributed by atoms with van der Waals surface area (Å²) in [7, 11) is 0. The molecule has 19 heavy (non-hydrogen) atoms. The summed E-state index contributed by atoms with van der Waals surface area (Å²) >= 11 is 0. The predicted molar refractivity (Wildman–Crippen MR) is 80.1 cm³/mol. The molecule has 0 spiro atoms. The lowest BCUT2D eigenvalue weighted by molar-refractivity contribution is 0.314. The van der Waals surface area contributed by atoms with Gasteiger partial charge in [0.15, 0.2) is 0 Å². The van der Waals surface area contributed by atoms with E-state index < -0.39 is 0 Å².